The lowest BCUT2D eigenvalue weighted by molar-refractivity contribution is -0.847. The molecule has 6 nitrogen and oxygen atoms in total. The topological polar surface area (TPSA) is 81.9 Å². The zero-order valence-corrected chi connectivity index (χ0v) is 10.6. The lowest BCUT2D eigenvalue weighted by Crippen LogP contribution is -3.05. The molecule has 0 radical (unpaired) electrons. The quantitative estimate of drug-likeness (QED) is 0.545. The predicted molar refractivity (Wildman–Crippen MR) is 52.8 cm³/mol. The molecule has 0 aliphatic heterocycles. The molecule has 0 saturated carbocycles. The minimum atomic E-state index is -3.64. The van der Waals surface area contributed by atoms with E-state index in [2.05, 4.69) is 0 Å². The van der Waals surface area contributed by atoms with E-state index in [1.54, 1.807) is 14.1 Å². The molecule has 0 amide bonds. The van der Waals surface area contributed by atoms with E-state index in [0.29, 0.717) is 0 Å². The summed E-state index contributed by atoms with van der Waals surface area (Å²) >= 11 is 0. The highest BCUT2D eigenvalue weighted by atomic mass is 32.2. The number of nitrogens with one attached hydrogen (secondary N) is 1. The molecule has 0 aliphatic rings. The van der Waals surface area contributed by atoms with Gasteiger partial charge in [0.15, 0.2) is 0 Å². The third-order valence-corrected chi connectivity index (χ3v) is 4.96. The second kappa shape index (κ2) is 4.72. The summed E-state index contributed by atoms with van der Waals surface area (Å²) in [7, 11) is -2.41. The molecular weight excluding hydrogens is 227 g/mol. The minimum absolute atomic E-state index is 0.0488. The van der Waals surface area contributed by atoms with Crippen LogP contribution >= 0.6 is 7.37 Å². The maximum Gasteiger partial charge on any atom is 0.211 e. The van der Waals surface area contributed by atoms with Gasteiger partial charge in [0.2, 0.25) is 10.0 Å². The lowest BCUT2D eigenvalue weighted by atomic mass is 11.0. The Bertz CT molecular complexity index is 327. The maximum absolute atomic E-state index is 11.4. The van der Waals surface area contributed by atoms with E-state index < -0.39 is 23.7 Å². The smallest absolute Gasteiger partial charge is 0.211 e. The monoisotopic (exact) mass is 244 g/mol. The second-order valence-corrected chi connectivity index (χ2v) is 8.00. The van der Waals surface area contributed by atoms with E-state index >= 15 is 0 Å². The lowest BCUT2D eigenvalue weighted by Gasteiger charge is -2.27. The molecule has 0 aromatic heterocycles. The van der Waals surface area contributed by atoms with Gasteiger partial charge in [-0.25, -0.2) is 8.42 Å². The van der Waals surface area contributed by atoms with Crippen molar-refractivity contribution in [3.8, 4) is 0 Å². The molecule has 1 atom stereocenters. The van der Waals surface area contributed by atoms with Crippen LogP contribution in [0.4, 0.5) is 0 Å². The van der Waals surface area contributed by atoms with Crippen molar-refractivity contribution < 1.29 is 22.8 Å². The summed E-state index contributed by atoms with van der Waals surface area (Å²) in [6.45, 7) is 0. The Balaban J connectivity index is 4.45. The summed E-state index contributed by atoms with van der Waals surface area (Å²) in [4.78, 5) is 12.2. The van der Waals surface area contributed by atoms with Crippen LogP contribution in [0.15, 0.2) is 0 Å². The van der Waals surface area contributed by atoms with Gasteiger partial charge in [0, 0.05) is 7.05 Å². The molecule has 0 spiro atoms. The molecule has 14 heavy (non-hydrogen) atoms. The van der Waals surface area contributed by atoms with Gasteiger partial charge in [0.1, 0.15) is 6.29 Å². The molecule has 0 aliphatic carbocycles. The van der Waals surface area contributed by atoms with Crippen LogP contribution in [-0.4, -0.2) is 52.7 Å². The maximum atomic E-state index is 11.4. The van der Waals surface area contributed by atoms with Crippen molar-refractivity contribution in [3.05, 3.63) is 0 Å². The summed E-state index contributed by atoms with van der Waals surface area (Å²) < 4.78 is 34.1. The van der Waals surface area contributed by atoms with Crippen LogP contribution in [0, 0.1) is 0 Å². The predicted octanol–water partition coefficient (Wildman–Crippen LogP) is -2.42. The third kappa shape index (κ3) is 5.72. The van der Waals surface area contributed by atoms with Crippen molar-refractivity contribution in [2.24, 2.45) is 0 Å². The van der Waals surface area contributed by atoms with Crippen molar-refractivity contribution in [1.82, 2.24) is 4.31 Å². The molecule has 1 unspecified atom stereocenters. The van der Waals surface area contributed by atoms with Gasteiger partial charge in [0.05, 0.1) is 34.0 Å². The van der Waals surface area contributed by atoms with Gasteiger partial charge in [-0.3, -0.25) is 0 Å². The van der Waals surface area contributed by atoms with Crippen molar-refractivity contribution in [2.45, 2.75) is 0 Å². The number of hydrogen-bond donors (Lipinski definition) is 1. The van der Waals surface area contributed by atoms with Gasteiger partial charge >= 0.3 is 0 Å². The van der Waals surface area contributed by atoms with Crippen LogP contribution in [0.2, 0.25) is 0 Å². The summed E-state index contributed by atoms with van der Waals surface area (Å²) in [5, 5.41) is 0. The van der Waals surface area contributed by atoms with Crippen molar-refractivity contribution >= 4 is 17.4 Å². The highest BCUT2D eigenvalue weighted by Crippen LogP contribution is 2.33. The zero-order valence-electron chi connectivity index (χ0n) is 8.85. The largest absolute Gasteiger partial charge is 0.794 e. The van der Waals surface area contributed by atoms with Gasteiger partial charge in [-0.05, 0) is 0 Å². The first-order chi connectivity index (χ1) is 6.04. The Morgan fingerprint density at radius 1 is 1.43 bits per heavy atom. The Labute approximate surface area is 85.0 Å². The molecular formula is C6H17N2O4PS. The third-order valence-electron chi connectivity index (χ3n) is 1.54. The zero-order chi connectivity index (χ0) is 11.6. The Morgan fingerprint density at radius 3 is 2.14 bits per heavy atom. The molecule has 86 valence electrons. The summed E-state index contributed by atoms with van der Waals surface area (Å²) in [6.07, 6.45) is 0.499. The van der Waals surface area contributed by atoms with Crippen LogP contribution in [0.5, 0.6) is 0 Å². The van der Waals surface area contributed by atoms with E-state index in [1.807, 2.05) is 0 Å². The van der Waals surface area contributed by atoms with Gasteiger partial charge in [-0.15, -0.1) is 0 Å². The fourth-order valence-electron chi connectivity index (χ4n) is 0.940. The standard InChI is InChI=1S/C6H17N2O4PS/c1-7(2)5-13(9,10)6-8(3)14(4,11)12/h5-6H2,1-4H3,(H,9,10). The van der Waals surface area contributed by atoms with Gasteiger partial charge < -0.3 is 14.4 Å². The van der Waals surface area contributed by atoms with E-state index in [0.717, 1.165) is 15.5 Å². The molecule has 0 bridgehead atoms. The van der Waals surface area contributed by atoms with E-state index in [9.17, 15) is 17.9 Å². The summed E-state index contributed by atoms with van der Waals surface area (Å²) in [5.41, 5.74) is 0. The molecule has 1 N–H and O–H groups in total. The van der Waals surface area contributed by atoms with Crippen molar-refractivity contribution in [2.75, 3.05) is 40.0 Å². The molecule has 0 aromatic carbocycles. The number of quaternary nitrogens is 1. The fraction of sp³-hybridized carbons (Fsp3) is 1.00. The first-order valence-corrected chi connectivity index (χ1v) is 7.88. The van der Waals surface area contributed by atoms with Crippen LogP contribution in [0.3, 0.4) is 0 Å². The molecule has 0 fully saturated rings. The molecule has 0 rings (SSSR count). The van der Waals surface area contributed by atoms with Gasteiger partial charge in [0.25, 0.3) is 0 Å². The minimum Gasteiger partial charge on any atom is -0.794 e. The Kier molecular flexibility index (Phi) is 4.74. The molecule has 0 heterocycles. The SMILES string of the molecule is CN(CP(=O)([O-])C[NH+](C)C)S(C)(=O)=O. The van der Waals surface area contributed by atoms with Crippen molar-refractivity contribution in [1.29, 1.82) is 0 Å². The fourth-order valence-corrected chi connectivity index (χ4v) is 3.98. The van der Waals surface area contributed by atoms with Crippen LogP contribution in [0.25, 0.3) is 0 Å². The highest BCUT2D eigenvalue weighted by molar-refractivity contribution is 7.88. The average molecular weight is 244 g/mol. The number of nitrogens with zero attached hydrogens (tertiary/aromatic N) is 1. The van der Waals surface area contributed by atoms with E-state index in [1.165, 1.54) is 7.05 Å². The number of hydrogen-bond acceptors (Lipinski definition) is 4. The van der Waals surface area contributed by atoms with Gasteiger partial charge in [-0.1, -0.05) is 0 Å². The second-order valence-electron chi connectivity index (χ2n) is 3.68. The first kappa shape index (κ1) is 14.1. The van der Waals surface area contributed by atoms with Crippen LogP contribution in [-0.2, 0) is 14.6 Å². The average Bonchev–Trinajstić information content (AvgIpc) is 1.79. The highest BCUT2D eigenvalue weighted by Gasteiger charge is 2.20. The molecule has 0 aromatic rings. The summed E-state index contributed by atoms with van der Waals surface area (Å²) in [6, 6.07) is 0. The number of sulfonamides is 1. The van der Waals surface area contributed by atoms with Crippen LogP contribution in [0.1, 0.15) is 0 Å². The van der Waals surface area contributed by atoms with Crippen LogP contribution < -0.4 is 9.79 Å². The van der Waals surface area contributed by atoms with Gasteiger partial charge in [-0.2, -0.15) is 4.31 Å². The van der Waals surface area contributed by atoms with Crippen molar-refractivity contribution in [3.63, 3.8) is 0 Å². The van der Waals surface area contributed by atoms with E-state index in [-0.39, 0.29) is 6.29 Å². The first-order valence-electron chi connectivity index (χ1n) is 4.04. The Hall–Kier alpha value is 0.0600. The normalized spacial score (nSPS) is 17.4. The van der Waals surface area contributed by atoms with E-state index in [4.69, 9.17) is 0 Å². The number of rotatable bonds is 5. The Morgan fingerprint density at radius 2 is 1.86 bits per heavy atom. The summed E-state index contributed by atoms with van der Waals surface area (Å²) in [5.74, 6) is 0. The molecule has 0 saturated heterocycles. The molecule has 8 heteroatoms.